The minimum absolute atomic E-state index is 0.232. The van der Waals surface area contributed by atoms with Gasteiger partial charge in [0.15, 0.2) is 0 Å². The minimum atomic E-state index is -0.913. The second-order valence-electron chi connectivity index (χ2n) is 2.94. The molecule has 0 aliphatic rings. The van der Waals surface area contributed by atoms with Gasteiger partial charge in [-0.1, -0.05) is 6.92 Å². The Morgan fingerprint density at radius 3 is 2.42 bits per heavy atom. The molecule has 0 aromatic carbocycles. The average molecular weight is 175 g/mol. The third-order valence-electron chi connectivity index (χ3n) is 2.25. The molecule has 4 nitrogen and oxygen atoms in total. The first-order valence-electron chi connectivity index (χ1n) is 3.93. The highest BCUT2D eigenvalue weighted by molar-refractivity contribution is 5.80. The van der Waals surface area contributed by atoms with E-state index in [1.807, 2.05) is 6.92 Å². The molecule has 0 bridgehead atoms. The number of aliphatic hydroxyl groups excluding tert-OH is 1. The summed E-state index contributed by atoms with van der Waals surface area (Å²) in [6.07, 6.45) is 0. The number of hydrogen-bond acceptors (Lipinski definition) is 4. The number of hydrogen-bond donors (Lipinski definition) is 1. The number of esters is 1. The number of aliphatic hydroxyl groups is 1. The van der Waals surface area contributed by atoms with Gasteiger partial charge in [-0.2, -0.15) is 0 Å². The van der Waals surface area contributed by atoms with E-state index in [1.165, 1.54) is 7.11 Å². The van der Waals surface area contributed by atoms with Gasteiger partial charge in [0.05, 0.1) is 13.7 Å². The largest absolute Gasteiger partial charge is 0.468 e. The Bertz CT molecular complexity index is 160. The zero-order chi connectivity index (χ0) is 9.78. The van der Waals surface area contributed by atoms with E-state index < -0.39 is 11.5 Å². The summed E-state index contributed by atoms with van der Waals surface area (Å²) in [6.45, 7) is 4.02. The fraction of sp³-hybridized carbons (Fsp3) is 0.875. The van der Waals surface area contributed by atoms with Crippen molar-refractivity contribution in [2.24, 2.45) is 0 Å². The molecule has 0 saturated heterocycles. The molecule has 0 heterocycles. The highest BCUT2D eigenvalue weighted by Crippen LogP contribution is 2.13. The van der Waals surface area contributed by atoms with Crippen molar-refractivity contribution in [2.75, 3.05) is 27.3 Å². The van der Waals surface area contributed by atoms with Gasteiger partial charge < -0.3 is 9.84 Å². The molecule has 0 spiro atoms. The van der Waals surface area contributed by atoms with E-state index in [2.05, 4.69) is 4.74 Å². The molecule has 4 heteroatoms. The number of rotatable bonds is 4. The number of likely N-dealkylation sites (N-methyl/N-ethyl adjacent to an activating group) is 1. The molecule has 0 rings (SSSR count). The van der Waals surface area contributed by atoms with Crippen LogP contribution in [0.2, 0.25) is 0 Å². The lowest BCUT2D eigenvalue weighted by atomic mass is 10.0. The molecule has 12 heavy (non-hydrogen) atoms. The van der Waals surface area contributed by atoms with E-state index in [9.17, 15) is 4.79 Å². The lowest BCUT2D eigenvalue weighted by Gasteiger charge is -2.33. The molecule has 0 saturated carbocycles. The third kappa shape index (κ3) is 1.95. The van der Waals surface area contributed by atoms with Crippen molar-refractivity contribution < 1.29 is 14.6 Å². The summed E-state index contributed by atoms with van der Waals surface area (Å²) in [5.74, 6) is -0.408. The average Bonchev–Trinajstić information content (AvgIpc) is 2.13. The number of methoxy groups -OCH3 is 1. The first-order valence-corrected chi connectivity index (χ1v) is 3.93. The van der Waals surface area contributed by atoms with E-state index in [-0.39, 0.29) is 6.61 Å². The number of ether oxygens (including phenoxy) is 1. The van der Waals surface area contributed by atoms with Crippen LogP contribution < -0.4 is 0 Å². The normalized spacial score (nSPS) is 15.8. The van der Waals surface area contributed by atoms with Gasteiger partial charge in [0.1, 0.15) is 5.54 Å². The Hall–Kier alpha value is -0.610. The van der Waals surface area contributed by atoms with Crippen molar-refractivity contribution in [3.8, 4) is 0 Å². The lowest BCUT2D eigenvalue weighted by Crippen LogP contribution is -2.53. The Labute approximate surface area is 73.1 Å². The van der Waals surface area contributed by atoms with Gasteiger partial charge >= 0.3 is 5.97 Å². The Morgan fingerprint density at radius 2 is 2.17 bits per heavy atom. The maximum absolute atomic E-state index is 11.2. The number of nitrogens with zero attached hydrogens (tertiary/aromatic N) is 1. The van der Waals surface area contributed by atoms with E-state index >= 15 is 0 Å². The fourth-order valence-electron chi connectivity index (χ4n) is 0.910. The first kappa shape index (κ1) is 11.4. The highest BCUT2D eigenvalue weighted by Gasteiger charge is 2.37. The summed E-state index contributed by atoms with van der Waals surface area (Å²) in [4.78, 5) is 13.0. The second-order valence-corrected chi connectivity index (χ2v) is 2.94. The fourth-order valence-corrected chi connectivity index (χ4v) is 0.910. The Kier molecular flexibility index (Phi) is 4.20. The number of carbonyl (C=O) groups is 1. The van der Waals surface area contributed by atoms with Crippen molar-refractivity contribution in [2.45, 2.75) is 19.4 Å². The van der Waals surface area contributed by atoms with Crippen LogP contribution in [0.5, 0.6) is 0 Å². The second kappa shape index (κ2) is 4.42. The summed E-state index contributed by atoms with van der Waals surface area (Å²) < 4.78 is 4.59. The Morgan fingerprint density at radius 1 is 1.67 bits per heavy atom. The van der Waals surface area contributed by atoms with Crippen LogP contribution in [-0.2, 0) is 9.53 Å². The molecule has 0 aliphatic heterocycles. The summed E-state index contributed by atoms with van der Waals surface area (Å²) in [6, 6.07) is 0. The number of carbonyl (C=O) groups excluding carboxylic acids is 1. The lowest BCUT2D eigenvalue weighted by molar-refractivity contribution is -0.155. The molecule has 0 fully saturated rings. The van der Waals surface area contributed by atoms with Gasteiger partial charge in [-0.05, 0) is 20.5 Å². The van der Waals surface area contributed by atoms with Gasteiger partial charge in [-0.15, -0.1) is 0 Å². The van der Waals surface area contributed by atoms with E-state index in [0.29, 0.717) is 6.54 Å². The molecule has 0 aliphatic carbocycles. The van der Waals surface area contributed by atoms with Crippen LogP contribution >= 0.6 is 0 Å². The molecule has 0 unspecified atom stereocenters. The van der Waals surface area contributed by atoms with Crippen molar-refractivity contribution >= 4 is 5.97 Å². The molecular formula is C8H17NO3. The molecule has 0 amide bonds. The molecule has 0 aromatic rings. The summed E-state index contributed by atoms with van der Waals surface area (Å²) in [5.41, 5.74) is -0.913. The van der Waals surface area contributed by atoms with Crippen LogP contribution in [0.3, 0.4) is 0 Å². The molecule has 72 valence electrons. The van der Waals surface area contributed by atoms with Crippen LogP contribution in [0.15, 0.2) is 0 Å². The van der Waals surface area contributed by atoms with Crippen LogP contribution in [0.1, 0.15) is 13.8 Å². The van der Waals surface area contributed by atoms with Crippen molar-refractivity contribution in [3.05, 3.63) is 0 Å². The first-order chi connectivity index (χ1) is 5.52. The quantitative estimate of drug-likeness (QED) is 0.604. The maximum atomic E-state index is 11.2. The molecule has 0 radical (unpaired) electrons. The topological polar surface area (TPSA) is 49.8 Å². The summed E-state index contributed by atoms with van der Waals surface area (Å²) >= 11 is 0. The van der Waals surface area contributed by atoms with Crippen LogP contribution in [0.4, 0.5) is 0 Å². The van der Waals surface area contributed by atoms with Gasteiger partial charge in [-0.3, -0.25) is 4.90 Å². The SMILES string of the molecule is CCN(C)[C@@](C)(CO)C(=O)OC. The molecule has 1 atom stereocenters. The van der Waals surface area contributed by atoms with Crippen LogP contribution in [0.25, 0.3) is 0 Å². The van der Waals surface area contributed by atoms with E-state index in [4.69, 9.17) is 5.11 Å². The summed E-state index contributed by atoms with van der Waals surface area (Å²) in [7, 11) is 3.09. The third-order valence-corrected chi connectivity index (χ3v) is 2.25. The van der Waals surface area contributed by atoms with Gasteiger partial charge in [0.2, 0.25) is 0 Å². The molecule has 0 aromatic heterocycles. The highest BCUT2D eigenvalue weighted by atomic mass is 16.5. The zero-order valence-corrected chi connectivity index (χ0v) is 8.13. The zero-order valence-electron chi connectivity index (χ0n) is 8.13. The summed E-state index contributed by atoms with van der Waals surface area (Å²) in [5, 5.41) is 9.05. The van der Waals surface area contributed by atoms with Crippen LogP contribution in [-0.4, -0.2) is 48.8 Å². The smallest absolute Gasteiger partial charge is 0.328 e. The van der Waals surface area contributed by atoms with E-state index in [1.54, 1.807) is 18.9 Å². The predicted molar refractivity (Wildman–Crippen MR) is 45.8 cm³/mol. The maximum Gasteiger partial charge on any atom is 0.328 e. The molecule has 1 N–H and O–H groups in total. The van der Waals surface area contributed by atoms with Crippen LogP contribution in [0, 0.1) is 0 Å². The minimum Gasteiger partial charge on any atom is -0.468 e. The van der Waals surface area contributed by atoms with Gasteiger partial charge in [0, 0.05) is 0 Å². The van der Waals surface area contributed by atoms with E-state index in [0.717, 1.165) is 0 Å². The predicted octanol–water partition coefficient (Wildman–Crippen LogP) is -0.138. The van der Waals surface area contributed by atoms with Crippen molar-refractivity contribution in [3.63, 3.8) is 0 Å². The van der Waals surface area contributed by atoms with Gasteiger partial charge in [-0.25, -0.2) is 4.79 Å². The standard InChI is InChI=1S/C8H17NO3/c1-5-9(3)8(2,6-10)7(11)12-4/h10H,5-6H2,1-4H3/t8-/m0/s1. The Balaban J connectivity index is 4.54. The van der Waals surface area contributed by atoms with Gasteiger partial charge in [0.25, 0.3) is 0 Å². The monoisotopic (exact) mass is 175 g/mol. The van der Waals surface area contributed by atoms with Crippen molar-refractivity contribution in [1.82, 2.24) is 4.90 Å². The van der Waals surface area contributed by atoms with Crippen molar-refractivity contribution in [1.29, 1.82) is 0 Å². The molecular weight excluding hydrogens is 158 g/mol.